The Hall–Kier alpha value is -3.22. The quantitative estimate of drug-likeness (QED) is 0.826. The van der Waals surface area contributed by atoms with Gasteiger partial charge in [-0.1, -0.05) is 19.9 Å². The summed E-state index contributed by atoms with van der Waals surface area (Å²) in [6, 6.07) is 7.76. The van der Waals surface area contributed by atoms with Crippen molar-refractivity contribution >= 4 is 29.4 Å². The third-order valence-electron chi connectivity index (χ3n) is 3.93. The minimum atomic E-state index is -0.475. The molecule has 7 nitrogen and oxygen atoms in total. The number of rotatable bonds is 4. The molecule has 2 heterocycles. The number of benzene rings is 1. The zero-order valence-electron chi connectivity index (χ0n) is 14.9. The molecular formula is C19H20N4O3. The first-order valence-electron chi connectivity index (χ1n) is 8.36. The Bertz CT molecular complexity index is 875. The number of fused-ring (bicyclic) bond motifs is 1. The van der Waals surface area contributed by atoms with E-state index in [9.17, 15) is 14.4 Å². The van der Waals surface area contributed by atoms with Crippen molar-refractivity contribution in [2.24, 2.45) is 5.92 Å². The molecule has 0 spiro atoms. The van der Waals surface area contributed by atoms with E-state index in [-0.39, 0.29) is 17.7 Å². The standard InChI is InChI=1S/C19H20N4O3/c1-11(2)10-23-17(24)14-6-5-13(8-15(14)18(23)25)21-19(26)22-16-7-4-12(3)9-20-16/h4-9,11H,10H2,1-3H3,(H2,20,21,22,26). The molecule has 3 rings (SSSR count). The molecular weight excluding hydrogens is 332 g/mol. The maximum absolute atomic E-state index is 12.5. The number of urea groups is 1. The first-order valence-corrected chi connectivity index (χ1v) is 8.36. The van der Waals surface area contributed by atoms with Gasteiger partial charge in [0.05, 0.1) is 11.1 Å². The summed E-state index contributed by atoms with van der Waals surface area (Å²) in [6.45, 7) is 6.16. The molecule has 1 aromatic heterocycles. The third-order valence-corrected chi connectivity index (χ3v) is 3.93. The van der Waals surface area contributed by atoms with Crippen LogP contribution in [0.1, 0.15) is 40.1 Å². The predicted octanol–water partition coefficient (Wildman–Crippen LogP) is 3.29. The minimum Gasteiger partial charge on any atom is -0.308 e. The molecule has 0 saturated carbocycles. The SMILES string of the molecule is Cc1ccc(NC(=O)Nc2ccc3c(c2)C(=O)N(CC(C)C)C3=O)nc1. The maximum atomic E-state index is 12.5. The van der Waals surface area contributed by atoms with Gasteiger partial charge in [-0.15, -0.1) is 0 Å². The normalized spacial score (nSPS) is 13.2. The molecule has 4 amide bonds. The van der Waals surface area contributed by atoms with Gasteiger partial charge in [-0.2, -0.15) is 0 Å². The second-order valence-corrected chi connectivity index (χ2v) is 6.68. The molecule has 0 fully saturated rings. The highest BCUT2D eigenvalue weighted by Gasteiger charge is 2.35. The monoisotopic (exact) mass is 352 g/mol. The predicted molar refractivity (Wildman–Crippen MR) is 98.3 cm³/mol. The molecule has 2 N–H and O–H groups in total. The number of anilines is 2. The lowest BCUT2D eigenvalue weighted by molar-refractivity contribution is 0.0636. The largest absolute Gasteiger partial charge is 0.324 e. The first kappa shape index (κ1) is 17.6. The van der Waals surface area contributed by atoms with Crippen LogP contribution in [-0.2, 0) is 0 Å². The lowest BCUT2D eigenvalue weighted by atomic mass is 10.1. The number of hydrogen-bond donors (Lipinski definition) is 2. The number of aromatic nitrogens is 1. The Morgan fingerprint density at radius 2 is 1.81 bits per heavy atom. The van der Waals surface area contributed by atoms with E-state index in [1.54, 1.807) is 24.4 Å². The smallest absolute Gasteiger partial charge is 0.308 e. The third kappa shape index (κ3) is 3.56. The fourth-order valence-electron chi connectivity index (χ4n) is 2.72. The van der Waals surface area contributed by atoms with Gasteiger partial charge in [-0.3, -0.25) is 19.8 Å². The van der Waals surface area contributed by atoms with Crippen LogP contribution in [0.25, 0.3) is 0 Å². The molecule has 1 aliphatic rings. The summed E-state index contributed by atoms with van der Waals surface area (Å²) in [4.78, 5) is 42.3. The Morgan fingerprint density at radius 3 is 2.46 bits per heavy atom. The van der Waals surface area contributed by atoms with Crippen molar-refractivity contribution in [3.05, 3.63) is 53.2 Å². The van der Waals surface area contributed by atoms with E-state index < -0.39 is 6.03 Å². The lowest BCUT2D eigenvalue weighted by Gasteiger charge is -2.15. The molecule has 134 valence electrons. The summed E-state index contributed by atoms with van der Waals surface area (Å²) in [7, 11) is 0. The number of imide groups is 1. The first-order chi connectivity index (χ1) is 12.3. The maximum Gasteiger partial charge on any atom is 0.324 e. The van der Waals surface area contributed by atoms with Gasteiger partial charge in [0.25, 0.3) is 11.8 Å². The Kier molecular flexibility index (Phi) is 4.71. The summed E-state index contributed by atoms with van der Waals surface area (Å²) >= 11 is 0. The molecule has 2 aromatic rings. The minimum absolute atomic E-state index is 0.183. The highest BCUT2D eigenvalue weighted by molar-refractivity contribution is 6.22. The van der Waals surface area contributed by atoms with Gasteiger partial charge >= 0.3 is 6.03 Å². The summed E-state index contributed by atoms with van der Waals surface area (Å²) < 4.78 is 0. The highest BCUT2D eigenvalue weighted by atomic mass is 16.2. The molecule has 0 atom stereocenters. The van der Waals surface area contributed by atoms with Gasteiger partial charge in [-0.25, -0.2) is 9.78 Å². The number of amides is 4. The molecule has 26 heavy (non-hydrogen) atoms. The van der Waals surface area contributed by atoms with Crippen LogP contribution in [0.15, 0.2) is 36.5 Å². The highest BCUT2D eigenvalue weighted by Crippen LogP contribution is 2.26. The second kappa shape index (κ2) is 6.95. The summed E-state index contributed by atoms with van der Waals surface area (Å²) in [6.07, 6.45) is 1.65. The molecule has 0 radical (unpaired) electrons. The number of carbonyl (C=O) groups excluding carboxylic acids is 3. The van der Waals surface area contributed by atoms with E-state index in [0.717, 1.165) is 5.56 Å². The van der Waals surface area contributed by atoms with E-state index in [0.29, 0.717) is 29.2 Å². The topological polar surface area (TPSA) is 91.4 Å². The van der Waals surface area contributed by atoms with Crippen molar-refractivity contribution in [1.82, 2.24) is 9.88 Å². The van der Waals surface area contributed by atoms with Crippen molar-refractivity contribution in [1.29, 1.82) is 0 Å². The van der Waals surface area contributed by atoms with Crippen LogP contribution in [0.3, 0.4) is 0 Å². The van der Waals surface area contributed by atoms with Crippen molar-refractivity contribution < 1.29 is 14.4 Å². The van der Waals surface area contributed by atoms with E-state index >= 15 is 0 Å². The fourth-order valence-corrected chi connectivity index (χ4v) is 2.72. The number of nitrogens with zero attached hydrogens (tertiary/aromatic N) is 2. The average molecular weight is 352 g/mol. The van der Waals surface area contributed by atoms with Gasteiger partial charge in [0, 0.05) is 18.4 Å². The fraction of sp³-hybridized carbons (Fsp3) is 0.263. The van der Waals surface area contributed by atoms with Crippen LogP contribution in [0, 0.1) is 12.8 Å². The molecule has 0 bridgehead atoms. The average Bonchev–Trinajstić information content (AvgIpc) is 2.81. The Morgan fingerprint density at radius 1 is 1.08 bits per heavy atom. The molecule has 0 saturated heterocycles. The zero-order chi connectivity index (χ0) is 18.8. The van der Waals surface area contributed by atoms with Crippen molar-refractivity contribution in [2.75, 3.05) is 17.2 Å². The number of nitrogens with one attached hydrogen (secondary N) is 2. The number of pyridine rings is 1. The van der Waals surface area contributed by atoms with Gasteiger partial charge in [0.15, 0.2) is 0 Å². The van der Waals surface area contributed by atoms with Crippen molar-refractivity contribution in [3.8, 4) is 0 Å². The molecule has 7 heteroatoms. The summed E-state index contributed by atoms with van der Waals surface area (Å²) in [5, 5.41) is 5.27. The zero-order valence-corrected chi connectivity index (χ0v) is 14.9. The van der Waals surface area contributed by atoms with E-state index in [1.165, 1.54) is 11.0 Å². The lowest BCUT2D eigenvalue weighted by Crippen LogP contribution is -2.33. The van der Waals surface area contributed by atoms with Crippen molar-refractivity contribution in [3.63, 3.8) is 0 Å². The summed E-state index contributed by atoms with van der Waals surface area (Å²) in [5.74, 6) is -0.0206. The number of aryl methyl sites for hydroxylation is 1. The summed E-state index contributed by atoms with van der Waals surface area (Å²) in [5.41, 5.74) is 2.09. The Balaban J connectivity index is 1.73. The van der Waals surface area contributed by atoms with Crippen LogP contribution >= 0.6 is 0 Å². The second-order valence-electron chi connectivity index (χ2n) is 6.68. The molecule has 1 aliphatic heterocycles. The van der Waals surface area contributed by atoms with Gasteiger partial charge in [0.2, 0.25) is 0 Å². The van der Waals surface area contributed by atoms with Gasteiger partial charge in [0.1, 0.15) is 5.82 Å². The Labute approximate surface area is 151 Å². The molecule has 0 unspecified atom stereocenters. The van der Waals surface area contributed by atoms with Crippen LogP contribution in [0.2, 0.25) is 0 Å². The van der Waals surface area contributed by atoms with Crippen LogP contribution in [0.4, 0.5) is 16.3 Å². The number of carbonyl (C=O) groups is 3. The molecule has 1 aromatic carbocycles. The van der Waals surface area contributed by atoms with Gasteiger partial charge in [-0.05, 0) is 42.7 Å². The van der Waals surface area contributed by atoms with Crippen LogP contribution in [-0.4, -0.2) is 34.3 Å². The molecule has 0 aliphatic carbocycles. The van der Waals surface area contributed by atoms with Gasteiger partial charge < -0.3 is 5.32 Å². The van der Waals surface area contributed by atoms with Crippen LogP contribution < -0.4 is 10.6 Å². The van der Waals surface area contributed by atoms with Crippen LogP contribution in [0.5, 0.6) is 0 Å². The van der Waals surface area contributed by atoms with E-state index in [2.05, 4.69) is 15.6 Å². The number of hydrogen-bond acceptors (Lipinski definition) is 4. The van der Waals surface area contributed by atoms with E-state index in [1.807, 2.05) is 26.8 Å². The van der Waals surface area contributed by atoms with E-state index in [4.69, 9.17) is 0 Å². The van der Waals surface area contributed by atoms with Crippen molar-refractivity contribution in [2.45, 2.75) is 20.8 Å².